The summed E-state index contributed by atoms with van der Waals surface area (Å²) in [6, 6.07) is 0. The maximum absolute atomic E-state index is 9.40. The molecule has 0 aliphatic carbocycles. The van der Waals surface area contributed by atoms with Crippen LogP contribution in [0.1, 0.15) is 27.2 Å². The molecule has 1 N–H and O–H groups in total. The van der Waals surface area contributed by atoms with Crippen LogP contribution in [0.25, 0.3) is 0 Å². The summed E-state index contributed by atoms with van der Waals surface area (Å²) in [5, 5.41) is 9.40. The third kappa shape index (κ3) is 1.96. The summed E-state index contributed by atoms with van der Waals surface area (Å²) in [6.07, 6.45) is 1.03. The lowest BCUT2D eigenvalue weighted by Crippen LogP contribution is -2.18. The molecule has 1 saturated heterocycles. The van der Waals surface area contributed by atoms with Gasteiger partial charge in [-0.2, -0.15) is 0 Å². The molecule has 0 aromatic carbocycles. The molecule has 0 bridgehead atoms. The molecule has 1 rings (SSSR count). The van der Waals surface area contributed by atoms with E-state index in [1.807, 2.05) is 6.92 Å². The van der Waals surface area contributed by atoms with Gasteiger partial charge in [0.25, 0.3) is 0 Å². The lowest BCUT2D eigenvalue weighted by Gasteiger charge is -2.09. The molecule has 10 heavy (non-hydrogen) atoms. The minimum Gasteiger partial charge on any atom is -0.390 e. The third-order valence-electron chi connectivity index (χ3n) is 1.85. The Morgan fingerprint density at radius 2 is 2.00 bits per heavy atom. The summed E-state index contributed by atoms with van der Waals surface area (Å²) in [5.41, 5.74) is 0. The third-order valence-corrected chi connectivity index (χ3v) is 1.85. The lowest BCUT2D eigenvalue weighted by atomic mass is 10.0. The molecule has 0 aromatic rings. The summed E-state index contributed by atoms with van der Waals surface area (Å²) in [5.74, 6) is 0.561. The van der Waals surface area contributed by atoms with Gasteiger partial charge in [-0.25, -0.2) is 0 Å². The van der Waals surface area contributed by atoms with Gasteiger partial charge in [0.2, 0.25) is 0 Å². The Morgan fingerprint density at radius 3 is 2.30 bits per heavy atom. The fraction of sp³-hybridized carbons (Fsp3) is 1.00. The maximum Gasteiger partial charge on any atom is 0.110 e. The van der Waals surface area contributed by atoms with Crippen LogP contribution in [0.5, 0.6) is 0 Å². The van der Waals surface area contributed by atoms with Crippen molar-refractivity contribution in [2.24, 2.45) is 5.92 Å². The quantitative estimate of drug-likeness (QED) is 0.603. The Morgan fingerprint density at radius 1 is 1.50 bits per heavy atom. The van der Waals surface area contributed by atoms with Crippen molar-refractivity contribution in [2.45, 2.75) is 45.5 Å². The zero-order valence-corrected chi connectivity index (χ0v) is 6.87. The summed E-state index contributed by atoms with van der Waals surface area (Å²) in [7, 11) is 0. The number of ether oxygens (including phenoxy) is 1. The molecule has 0 aromatic heterocycles. The lowest BCUT2D eigenvalue weighted by molar-refractivity contribution is 0.113. The smallest absolute Gasteiger partial charge is 0.110 e. The predicted molar refractivity (Wildman–Crippen MR) is 39.8 cm³/mol. The fourth-order valence-corrected chi connectivity index (χ4v) is 1.22. The van der Waals surface area contributed by atoms with Gasteiger partial charge in [-0.1, -0.05) is 13.8 Å². The first-order chi connectivity index (χ1) is 4.61. The molecule has 2 heteroatoms. The highest BCUT2D eigenvalue weighted by molar-refractivity contribution is 4.87. The number of rotatable bonds is 3. The van der Waals surface area contributed by atoms with Crippen LogP contribution in [0.3, 0.4) is 0 Å². The molecule has 1 heterocycles. The van der Waals surface area contributed by atoms with Gasteiger partial charge in [-0.15, -0.1) is 0 Å². The largest absolute Gasteiger partial charge is 0.390 e. The van der Waals surface area contributed by atoms with Gasteiger partial charge in [-0.05, 0) is 19.3 Å². The van der Waals surface area contributed by atoms with E-state index in [0.717, 1.165) is 6.42 Å². The second kappa shape index (κ2) is 2.89. The highest BCUT2D eigenvalue weighted by Gasteiger charge is 2.40. The zero-order chi connectivity index (χ0) is 7.72. The fourth-order valence-electron chi connectivity index (χ4n) is 1.22. The number of epoxide rings is 1. The standard InChI is InChI=1S/C8H16O2/c1-5(2)4-7(9)8-6(3)10-8/h5-9H,4H2,1-3H3. The monoisotopic (exact) mass is 144 g/mol. The zero-order valence-electron chi connectivity index (χ0n) is 6.87. The van der Waals surface area contributed by atoms with Crippen LogP contribution in [0.2, 0.25) is 0 Å². The Hall–Kier alpha value is -0.0800. The second-order valence-corrected chi connectivity index (χ2v) is 3.50. The average molecular weight is 144 g/mol. The van der Waals surface area contributed by atoms with E-state index in [0.29, 0.717) is 5.92 Å². The van der Waals surface area contributed by atoms with E-state index < -0.39 is 0 Å². The van der Waals surface area contributed by atoms with Crippen LogP contribution in [0, 0.1) is 5.92 Å². The van der Waals surface area contributed by atoms with E-state index in [9.17, 15) is 5.11 Å². The molecule has 2 nitrogen and oxygen atoms in total. The number of hydrogen-bond donors (Lipinski definition) is 1. The Bertz CT molecular complexity index is 112. The van der Waals surface area contributed by atoms with Crippen LogP contribution in [-0.2, 0) is 4.74 Å². The summed E-state index contributed by atoms with van der Waals surface area (Å²) in [4.78, 5) is 0. The normalized spacial score (nSPS) is 34.5. The Labute approximate surface area is 62.2 Å². The molecular weight excluding hydrogens is 128 g/mol. The molecule has 1 aliphatic heterocycles. The average Bonchev–Trinajstić information content (AvgIpc) is 2.44. The molecular formula is C8H16O2. The van der Waals surface area contributed by atoms with Gasteiger partial charge in [0.1, 0.15) is 6.10 Å². The minimum atomic E-state index is -0.241. The molecule has 0 radical (unpaired) electrons. The summed E-state index contributed by atoms with van der Waals surface area (Å²) >= 11 is 0. The second-order valence-electron chi connectivity index (χ2n) is 3.50. The first-order valence-corrected chi connectivity index (χ1v) is 3.94. The van der Waals surface area contributed by atoms with Crippen LogP contribution >= 0.6 is 0 Å². The predicted octanol–water partition coefficient (Wildman–Crippen LogP) is 1.18. The van der Waals surface area contributed by atoms with Crippen molar-refractivity contribution in [3.8, 4) is 0 Å². The van der Waals surface area contributed by atoms with E-state index in [1.54, 1.807) is 0 Å². The highest BCUT2D eigenvalue weighted by Crippen LogP contribution is 2.27. The van der Waals surface area contributed by atoms with Gasteiger partial charge >= 0.3 is 0 Å². The molecule has 0 amide bonds. The van der Waals surface area contributed by atoms with Gasteiger partial charge < -0.3 is 9.84 Å². The van der Waals surface area contributed by atoms with Gasteiger partial charge in [0.05, 0.1) is 12.2 Å². The Kier molecular flexibility index (Phi) is 2.32. The highest BCUT2D eigenvalue weighted by atomic mass is 16.6. The number of aliphatic hydroxyl groups excluding tert-OH is 1. The topological polar surface area (TPSA) is 32.8 Å². The van der Waals surface area contributed by atoms with E-state index >= 15 is 0 Å². The van der Waals surface area contributed by atoms with Crippen LogP contribution < -0.4 is 0 Å². The van der Waals surface area contributed by atoms with E-state index in [-0.39, 0.29) is 18.3 Å². The van der Waals surface area contributed by atoms with Crippen molar-refractivity contribution < 1.29 is 9.84 Å². The van der Waals surface area contributed by atoms with Crippen molar-refractivity contribution in [1.82, 2.24) is 0 Å². The molecule has 0 saturated carbocycles. The number of aliphatic hydroxyl groups is 1. The molecule has 0 spiro atoms. The molecule has 3 unspecified atom stereocenters. The van der Waals surface area contributed by atoms with Crippen molar-refractivity contribution in [3.05, 3.63) is 0 Å². The van der Waals surface area contributed by atoms with E-state index in [2.05, 4.69) is 13.8 Å². The summed E-state index contributed by atoms with van der Waals surface area (Å²) in [6.45, 7) is 6.21. The first-order valence-electron chi connectivity index (χ1n) is 3.94. The molecule has 1 aliphatic rings. The van der Waals surface area contributed by atoms with E-state index in [4.69, 9.17) is 4.74 Å². The van der Waals surface area contributed by atoms with Crippen molar-refractivity contribution in [1.29, 1.82) is 0 Å². The summed E-state index contributed by atoms with van der Waals surface area (Å²) < 4.78 is 5.13. The molecule has 3 atom stereocenters. The Balaban J connectivity index is 2.16. The van der Waals surface area contributed by atoms with Crippen molar-refractivity contribution in [3.63, 3.8) is 0 Å². The van der Waals surface area contributed by atoms with Gasteiger partial charge in [-0.3, -0.25) is 0 Å². The van der Waals surface area contributed by atoms with Gasteiger partial charge in [0, 0.05) is 0 Å². The number of hydrogen-bond acceptors (Lipinski definition) is 2. The minimum absolute atomic E-state index is 0.127. The van der Waals surface area contributed by atoms with Crippen molar-refractivity contribution in [2.75, 3.05) is 0 Å². The van der Waals surface area contributed by atoms with Crippen LogP contribution in [0.4, 0.5) is 0 Å². The maximum atomic E-state index is 9.40. The SMILES string of the molecule is CC(C)CC(O)C1OC1C. The van der Waals surface area contributed by atoms with Crippen LogP contribution in [0.15, 0.2) is 0 Å². The first kappa shape index (κ1) is 8.02. The molecule has 1 fully saturated rings. The van der Waals surface area contributed by atoms with E-state index in [1.165, 1.54) is 0 Å². The van der Waals surface area contributed by atoms with Gasteiger partial charge in [0.15, 0.2) is 0 Å². The van der Waals surface area contributed by atoms with Crippen LogP contribution in [-0.4, -0.2) is 23.4 Å². The molecule has 60 valence electrons. The van der Waals surface area contributed by atoms with Crippen molar-refractivity contribution >= 4 is 0 Å².